The van der Waals surface area contributed by atoms with E-state index in [2.05, 4.69) is 241 Å². The molecule has 2 heteroatoms. The highest BCUT2D eigenvalue weighted by Crippen LogP contribution is 2.49. The molecule has 0 spiro atoms. The summed E-state index contributed by atoms with van der Waals surface area (Å²) in [7, 11) is 0. The van der Waals surface area contributed by atoms with E-state index >= 15 is 0 Å². The van der Waals surface area contributed by atoms with Gasteiger partial charge >= 0.3 is 0 Å². The number of benzene rings is 10. The van der Waals surface area contributed by atoms with Gasteiger partial charge in [0.2, 0.25) is 0 Å². The molecule has 1 heterocycles. The number of hydrogen-bond acceptors (Lipinski definition) is 2. The van der Waals surface area contributed by atoms with Gasteiger partial charge < -0.3 is 4.90 Å². The third-order valence-corrected chi connectivity index (χ3v) is 12.8. The molecule has 0 saturated carbocycles. The highest BCUT2D eigenvalue weighted by molar-refractivity contribution is 7.25. The quantitative estimate of drug-likeness (QED) is 0.148. The van der Waals surface area contributed by atoms with E-state index in [1.165, 1.54) is 86.6 Å². The highest BCUT2D eigenvalue weighted by Gasteiger charge is 2.23. The minimum absolute atomic E-state index is 1.08. The molecule has 0 aliphatic heterocycles. The summed E-state index contributed by atoms with van der Waals surface area (Å²) in [5.41, 5.74) is 15.2. The summed E-state index contributed by atoms with van der Waals surface area (Å²) in [6.07, 6.45) is 0. The summed E-state index contributed by atoms with van der Waals surface area (Å²) >= 11 is 1.86. The van der Waals surface area contributed by atoms with Crippen LogP contribution in [0.2, 0.25) is 0 Å². The first-order valence-electron chi connectivity index (χ1n) is 20.5. The van der Waals surface area contributed by atoms with Gasteiger partial charge in [0.15, 0.2) is 0 Å². The van der Waals surface area contributed by atoms with E-state index in [-0.39, 0.29) is 0 Å². The van der Waals surface area contributed by atoms with Crippen molar-refractivity contribution in [2.45, 2.75) is 0 Å². The first-order chi connectivity index (χ1) is 29.8. The topological polar surface area (TPSA) is 3.24 Å². The van der Waals surface area contributed by atoms with Gasteiger partial charge in [-0.15, -0.1) is 11.3 Å². The Morgan fingerprint density at radius 2 is 0.850 bits per heavy atom. The van der Waals surface area contributed by atoms with Crippen LogP contribution in [-0.4, -0.2) is 0 Å². The second-order valence-electron chi connectivity index (χ2n) is 15.2. The molecule has 1 aromatic heterocycles. The molecule has 1 nitrogen and oxygen atoms in total. The molecule has 0 aliphatic rings. The van der Waals surface area contributed by atoms with Gasteiger partial charge in [-0.25, -0.2) is 0 Å². The fraction of sp³-hybridized carbons (Fsp3) is 0. The van der Waals surface area contributed by atoms with Crippen LogP contribution < -0.4 is 4.90 Å². The Kier molecular flexibility index (Phi) is 9.11. The molecule has 0 amide bonds. The summed E-state index contributed by atoms with van der Waals surface area (Å²) in [6.45, 7) is 0. The minimum atomic E-state index is 1.08. The van der Waals surface area contributed by atoms with Crippen LogP contribution in [0.5, 0.6) is 0 Å². The van der Waals surface area contributed by atoms with Crippen molar-refractivity contribution in [2.75, 3.05) is 4.90 Å². The third-order valence-electron chi connectivity index (χ3n) is 11.7. The Balaban J connectivity index is 1.14. The fourth-order valence-electron chi connectivity index (χ4n) is 8.86. The number of thiophene rings is 1. The van der Waals surface area contributed by atoms with Crippen molar-refractivity contribution >= 4 is 59.3 Å². The second-order valence-corrected chi connectivity index (χ2v) is 16.3. The number of rotatable bonds is 8. The van der Waals surface area contributed by atoms with Crippen molar-refractivity contribution in [1.29, 1.82) is 0 Å². The van der Waals surface area contributed by atoms with Crippen LogP contribution in [0.25, 0.3) is 86.6 Å². The first kappa shape index (κ1) is 35.6. The highest BCUT2D eigenvalue weighted by atomic mass is 32.1. The SMILES string of the molecule is c1ccc(-c2ccccc2-c2c(-c3ccccc3)cccc2N(c2ccc(-c3ccc4sc5ccccc5c4c3)cc2)c2cccc(-c3cccc4ccccc34)c2)cc1. The van der Waals surface area contributed by atoms with Crippen LogP contribution in [0.3, 0.4) is 0 Å². The lowest BCUT2D eigenvalue weighted by molar-refractivity contribution is 1.28. The van der Waals surface area contributed by atoms with Gasteiger partial charge in [-0.05, 0) is 109 Å². The van der Waals surface area contributed by atoms with Crippen LogP contribution in [0.4, 0.5) is 17.1 Å². The lowest BCUT2D eigenvalue weighted by atomic mass is 9.87. The number of nitrogens with zero attached hydrogens (tertiary/aromatic N) is 1. The van der Waals surface area contributed by atoms with Gasteiger partial charge in [0.05, 0.1) is 5.69 Å². The van der Waals surface area contributed by atoms with Gasteiger partial charge in [0, 0.05) is 37.1 Å². The van der Waals surface area contributed by atoms with Crippen molar-refractivity contribution in [2.24, 2.45) is 0 Å². The van der Waals surface area contributed by atoms with E-state index in [1.54, 1.807) is 0 Å². The molecule has 11 rings (SSSR count). The normalized spacial score (nSPS) is 11.3. The van der Waals surface area contributed by atoms with Gasteiger partial charge in [0.1, 0.15) is 0 Å². The number of hydrogen-bond donors (Lipinski definition) is 0. The molecule has 0 saturated heterocycles. The molecular formula is C58H39NS. The van der Waals surface area contributed by atoms with Gasteiger partial charge in [-0.1, -0.05) is 188 Å². The maximum Gasteiger partial charge on any atom is 0.0546 e. The zero-order valence-corrected chi connectivity index (χ0v) is 33.7. The smallest absolute Gasteiger partial charge is 0.0546 e. The lowest BCUT2D eigenvalue weighted by Crippen LogP contribution is -2.12. The molecule has 0 bridgehead atoms. The zero-order valence-electron chi connectivity index (χ0n) is 32.9. The van der Waals surface area contributed by atoms with Crippen molar-refractivity contribution in [3.8, 4) is 55.6 Å². The molecule has 0 atom stereocenters. The predicted molar refractivity (Wildman–Crippen MR) is 259 cm³/mol. The summed E-state index contributed by atoms with van der Waals surface area (Å²) < 4.78 is 2.64. The fourth-order valence-corrected chi connectivity index (χ4v) is 9.95. The third kappa shape index (κ3) is 6.44. The van der Waals surface area contributed by atoms with E-state index in [9.17, 15) is 0 Å². The Morgan fingerprint density at radius 1 is 0.283 bits per heavy atom. The number of anilines is 3. The molecule has 0 radical (unpaired) electrons. The van der Waals surface area contributed by atoms with E-state index in [1.807, 2.05) is 11.3 Å². The maximum absolute atomic E-state index is 2.46. The van der Waals surface area contributed by atoms with Crippen LogP contribution in [-0.2, 0) is 0 Å². The molecule has 0 unspecified atom stereocenters. The molecule has 60 heavy (non-hydrogen) atoms. The second kappa shape index (κ2) is 15.3. The largest absolute Gasteiger partial charge is 0.310 e. The molecule has 0 N–H and O–H groups in total. The van der Waals surface area contributed by atoms with E-state index in [4.69, 9.17) is 0 Å². The van der Waals surface area contributed by atoms with Gasteiger partial charge in [-0.3, -0.25) is 0 Å². The average Bonchev–Trinajstić information content (AvgIpc) is 3.70. The zero-order chi connectivity index (χ0) is 39.8. The van der Waals surface area contributed by atoms with Crippen molar-refractivity contribution in [1.82, 2.24) is 0 Å². The first-order valence-corrected chi connectivity index (χ1v) is 21.3. The van der Waals surface area contributed by atoms with E-state index < -0.39 is 0 Å². The van der Waals surface area contributed by atoms with Crippen LogP contribution in [0.15, 0.2) is 237 Å². The number of fused-ring (bicyclic) bond motifs is 4. The Morgan fingerprint density at radius 3 is 1.67 bits per heavy atom. The Hall–Kier alpha value is -7.52. The maximum atomic E-state index is 2.46. The van der Waals surface area contributed by atoms with E-state index in [0.29, 0.717) is 0 Å². The van der Waals surface area contributed by atoms with Crippen molar-refractivity contribution in [3.63, 3.8) is 0 Å². The molecule has 0 aliphatic carbocycles. The van der Waals surface area contributed by atoms with Gasteiger partial charge in [-0.2, -0.15) is 0 Å². The lowest BCUT2D eigenvalue weighted by Gasteiger charge is -2.30. The van der Waals surface area contributed by atoms with Crippen LogP contribution >= 0.6 is 11.3 Å². The molecule has 282 valence electrons. The molecule has 11 aromatic rings. The summed E-state index contributed by atoms with van der Waals surface area (Å²) in [4.78, 5) is 2.46. The summed E-state index contributed by atoms with van der Waals surface area (Å²) in [5.74, 6) is 0. The average molecular weight is 782 g/mol. The molecular weight excluding hydrogens is 743 g/mol. The standard InChI is InChI=1S/C58H39NS/c1-3-16-41(17-4-1)49-25-9-10-27-53(49)58-51(43-18-5-2-6-19-43)29-15-30-55(58)59(47-23-13-22-45(38-47)50-28-14-21-42-20-7-8-24-48(42)50)46-35-32-40(33-36-46)44-34-37-57-54(39-44)52-26-11-12-31-56(52)60-57/h1-39H. The Labute approximate surface area is 354 Å². The van der Waals surface area contributed by atoms with E-state index in [0.717, 1.165) is 17.1 Å². The van der Waals surface area contributed by atoms with Crippen LogP contribution in [0.1, 0.15) is 0 Å². The van der Waals surface area contributed by atoms with Gasteiger partial charge in [0.25, 0.3) is 0 Å². The Bertz CT molecular complexity index is 3300. The van der Waals surface area contributed by atoms with Crippen molar-refractivity contribution < 1.29 is 0 Å². The minimum Gasteiger partial charge on any atom is -0.310 e. The molecule has 10 aromatic carbocycles. The monoisotopic (exact) mass is 781 g/mol. The summed E-state index contributed by atoms with van der Waals surface area (Å²) in [5, 5.41) is 5.10. The predicted octanol–water partition coefficient (Wildman–Crippen LogP) is 17.0. The molecule has 0 fully saturated rings. The summed E-state index contributed by atoms with van der Waals surface area (Å²) in [6, 6.07) is 86.3. The van der Waals surface area contributed by atoms with Crippen LogP contribution in [0, 0.1) is 0 Å². The van der Waals surface area contributed by atoms with Crippen molar-refractivity contribution in [3.05, 3.63) is 237 Å².